The van der Waals surface area contributed by atoms with Gasteiger partial charge in [0.05, 0.1) is 31.0 Å². The fourth-order valence-electron chi connectivity index (χ4n) is 2.71. The summed E-state index contributed by atoms with van der Waals surface area (Å²) in [6.07, 6.45) is 1.66. The average molecular weight is 416 g/mol. The lowest BCUT2D eigenvalue weighted by Crippen LogP contribution is -2.24. The van der Waals surface area contributed by atoms with Crippen LogP contribution in [0.5, 0.6) is 11.5 Å². The van der Waals surface area contributed by atoms with E-state index in [-0.39, 0.29) is 12.5 Å². The van der Waals surface area contributed by atoms with E-state index >= 15 is 0 Å². The third-order valence-electron chi connectivity index (χ3n) is 4.22. The van der Waals surface area contributed by atoms with E-state index in [0.29, 0.717) is 34.9 Å². The van der Waals surface area contributed by atoms with Crippen molar-refractivity contribution in [3.8, 4) is 17.6 Å². The van der Waals surface area contributed by atoms with Gasteiger partial charge in [0.2, 0.25) is 0 Å². The molecule has 1 aromatic heterocycles. The number of ether oxygens (including phenoxy) is 2. The Morgan fingerprint density at radius 1 is 1.06 bits per heavy atom. The minimum atomic E-state index is -0.405. The third-order valence-corrected chi connectivity index (χ3v) is 4.22. The van der Waals surface area contributed by atoms with Crippen molar-refractivity contribution in [3.63, 3.8) is 0 Å². The van der Waals surface area contributed by atoms with Crippen molar-refractivity contribution in [2.24, 2.45) is 0 Å². The standard InChI is InChI=1S/C23H20N4O4/c1-30-21-11-16(13-24)8-9-20(21)31-15-22(28)27-18-7-4-5-17(12-18)23(29)26-14-19-6-2-3-10-25-19/h2-12H,14-15H2,1H3,(H,26,29)(H,27,28). The molecule has 0 aliphatic rings. The van der Waals surface area contributed by atoms with Crippen LogP contribution in [0.15, 0.2) is 66.9 Å². The Morgan fingerprint density at radius 2 is 1.94 bits per heavy atom. The van der Waals surface area contributed by atoms with Gasteiger partial charge in [-0.05, 0) is 42.5 Å². The van der Waals surface area contributed by atoms with Crippen LogP contribution in [0.25, 0.3) is 0 Å². The Balaban J connectivity index is 1.56. The molecule has 2 N–H and O–H groups in total. The van der Waals surface area contributed by atoms with Gasteiger partial charge in [-0.3, -0.25) is 14.6 Å². The lowest BCUT2D eigenvalue weighted by molar-refractivity contribution is -0.118. The largest absolute Gasteiger partial charge is 0.493 e. The number of benzene rings is 2. The van der Waals surface area contributed by atoms with Gasteiger partial charge in [0.25, 0.3) is 11.8 Å². The molecule has 8 nitrogen and oxygen atoms in total. The highest BCUT2D eigenvalue weighted by molar-refractivity contribution is 5.97. The summed E-state index contributed by atoms with van der Waals surface area (Å²) in [7, 11) is 1.45. The van der Waals surface area contributed by atoms with Gasteiger partial charge < -0.3 is 20.1 Å². The number of nitrogens with zero attached hydrogens (tertiary/aromatic N) is 2. The number of methoxy groups -OCH3 is 1. The van der Waals surface area contributed by atoms with E-state index in [1.54, 1.807) is 48.7 Å². The Morgan fingerprint density at radius 3 is 2.68 bits per heavy atom. The molecule has 0 atom stereocenters. The first-order valence-corrected chi connectivity index (χ1v) is 9.38. The molecule has 0 radical (unpaired) electrons. The number of nitrogens with one attached hydrogen (secondary N) is 2. The summed E-state index contributed by atoms with van der Waals surface area (Å²) in [6, 6.07) is 18.7. The molecular formula is C23H20N4O4. The topological polar surface area (TPSA) is 113 Å². The normalized spacial score (nSPS) is 9.94. The van der Waals surface area contributed by atoms with Crippen molar-refractivity contribution >= 4 is 17.5 Å². The molecule has 156 valence electrons. The van der Waals surface area contributed by atoms with E-state index in [1.807, 2.05) is 18.2 Å². The minimum absolute atomic E-state index is 0.266. The smallest absolute Gasteiger partial charge is 0.262 e. The molecule has 8 heteroatoms. The number of carbonyl (C=O) groups excluding carboxylic acids is 2. The first kappa shape index (κ1) is 21.3. The van der Waals surface area contributed by atoms with E-state index in [0.717, 1.165) is 5.69 Å². The molecule has 0 unspecified atom stereocenters. The van der Waals surface area contributed by atoms with E-state index in [4.69, 9.17) is 14.7 Å². The van der Waals surface area contributed by atoms with Crippen molar-refractivity contribution in [2.45, 2.75) is 6.54 Å². The lowest BCUT2D eigenvalue weighted by atomic mass is 10.2. The molecule has 0 saturated carbocycles. The SMILES string of the molecule is COc1cc(C#N)ccc1OCC(=O)Nc1cccc(C(=O)NCc2ccccn2)c1. The van der Waals surface area contributed by atoms with Crippen molar-refractivity contribution in [1.82, 2.24) is 10.3 Å². The number of rotatable bonds is 8. The summed E-state index contributed by atoms with van der Waals surface area (Å²) >= 11 is 0. The second-order valence-electron chi connectivity index (χ2n) is 6.40. The molecule has 0 bridgehead atoms. The fraction of sp³-hybridized carbons (Fsp3) is 0.130. The number of nitriles is 1. The molecule has 0 saturated heterocycles. The van der Waals surface area contributed by atoms with Crippen LogP contribution < -0.4 is 20.1 Å². The molecule has 3 rings (SSSR count). The highest BCUT2D eigenvalue weighted by Gasteiger charge is 2.11. The predicted molar refractivity (Wildman–Crippen MR) is 114 cm³/mol. The maximum absolute atomic E-state index is 12.4. The van der Waals surface area contributed by atoms with E-state index in [1.165, 1.54) is 13.2 Å². The lowest BCUT2D eigenvalue weighted by Gasteiger charge is -2.11. The van der Waals surface area contributed by atoms with Gasteiger partial charge in [0, 0.05) is 23.5 Å². The Bertz CT molecular complexity index is 1110. The molecule has 31 heavy (non-hydrogen) atoms. The van der Waals surface area contributed by atoms with Crippen molar-refractivity contribution in [3.05, 3.63) is 83.7 Å². The summed E-state index contributed by atoms with van der Waals surface area (Å²) in [5, 5.41) is 14.4. The first-order chi connectivity index (χ1) is 15.1. The summed E-state index contributed by atoms with van der Waals surface area (Å²) in [5.74, 6) is 0.0236. The van der Waals surface area contributed by atoms with E-state index in [2.05, 4.69) is 15.6 Å². The fourth-order valence-corrected chi connectivity index (χ4v) is 2.71. The number of aromatic nitrogens is 1. The maximum atomic E-state index is 12.4. The minimum Gasteiger partial charge on any atom is -0.493 e. The van der Waals surface area contributed by atoms with Gasteiger partial charge in [-0.15, -0.1) is 0 Å². The van der Waals surface area contributed by atoms with Gasteiger partial charge in [-0.25, -0.2) is 0 Å². The molecule has 0 spiro atoms. The van der Waals surface area contributed by atoms with E-state index < -0.39 is 5.91 Å². The highest BCUT2D eigenvalue weighted by Crippen LogP contribution is 2.27. The second-order valence-corrected chi connectivity index (χ2v) is 6.40. The van der Waals surface area contributed by atoms with E-state index in [9.17, 15) is 9.59 Å². The van der Waals surface area contributed by atoms with Crippen LogP contribution in [-0.4, -0.2) is 30.5 Å². The van der Waals surface area contributed by atoms with Crippen LogP contribution in [0.1, 0.15) is 21.6 Å². The molecule has 2 amide bonds. The predicted octanol–water partition coefficient (Wildman–Crippen LogP) is 2.91. The third kappa shape index (κ3) is 6.05. The molecular weight excluding hydrogens is 396 g/mol. The van der Waals surface area contributed by atoms with Crippen LogP contribution in [0.2, 0.25) is 0 Å². The van der Waals surface area contributed by atoms with Gasteiger partial charge in [-0.2, -0.15) is 5.26 Å². The van der Waals surface area contributed by atoms with Gasteiger partial charge >= 0.3 is 0 Å². The maximum Gasteiger partial charge on any atom is 0.262 e. The van der Waals surface area contributed by atoms with Gasteiger partial charge in [0.1, 0.15) is 0 Å². The zero-order chi connectivity index (χ0) is 22.1. The zero-order valence-corrected chi connectivity index (χ0v) is 16.8. The van der Waals surface area contributed by atoms with Crippen LogP contribution in [0.3, 0.4) is 0 Å². The highest BCUT2D eigenvalue weighted by atomic mass is 16.5. The molecule has 0 fully saturated rings. The summed E-state index contributed by atoms with van der Waals surface area (Å²) < 4.78 is 10.7. The number of hydrogen-bond acceptors (Lipinski definition) is 6. The van der Waals surface area contributed by atoms with Crippen molar-refractivity contribution in [1.29, 1.82) is 5.26 Å². The Kier molecular flexibility index (Phi) is 7.16. The van der Waals surface area contributed by atoms with Crippen LogP contribution in [0, 0.1) is 11.3 Å². The zero-order valence-electron chi connectivity index (χ0n) is 16.8. The molecule has 0 aliphatic heterocycles. The number of hydrogen-bond donors (Lipinski definition) is 2. The first-order valence-electron chi connectivity index (χ1n) is 9.38. The molecule has 0 aliphatic carbocycles. The molecule has 3 aromatic rings. The number of carbonyl (C=O) groups is 2. The van der Waals surface area contributed by atoms with Crippen molar-refractivity contribution in [2.75, 3.05) is 19.0 Å². The second kappa shape index (κ2) is 10.4. The van der Waals surface area contributed by atoms with Gasteiger partial charge in [-0.1, -0.05) is 12.1 Å². The van der Waals surface area contributed by atoms with Gasteiger partial charge in [0.15, 0.2) is 18.1 Å². The summed E-state index contributed by atoms with van der Waals surface area (Å²) in [6.45, 7) is 0.0366. The summed E-state index contributed by atoms with van der Waals surface area (Å²) in [5.41, 5.74) is 2.04. The monoisotopic (exact) mass is 416 g/mol. The molecule has 1 heterocycles. The van der Waals surface area contributed by atoms with Crippen LogP contribution >= 0.6 is 0 Å². The number of anilines is 1. The quantitative estimate of drug-likeness (QED) is 0.584. The number of amides is 2. The Hall–Kier alpha value is -4.38. The van der Waals surface area contributed by atoms with Crippen LogP contribution in [0.4, 0.5) is 5.69 Å². The summed E-state index contributed by atoms with van der Waals surface area (Å²) in [4.78, 5) is 28.8. The van der Waals surface area contributed by atoms with Crippen LogP contribution in [-0.2, 0) is 11.3 Å². The average Bonchev–Trinajstić information content (AvgIpc) is 2.81. The molecule has 2 aromatic carbocycles. The Labute approximate surface area is 179 Å². The number of pyridine rings is 1. The van der Waals surface area contributed by atoms with Crippen molar-refractivity contribution < 1.29 is 19.1 Å².